The van der Waals surface area contributed by atoms with E-state index in [0.717, 1.165) is 0 Å². The van der Waals surface area contributed by atoms with Gasteiger partial charge in [-0.25, -0.2) is 4.39 Å². The molecule has 0 saturated carbocycles. The van der Waals surface area contributed by atoms with Crippen LogP contribution in [0, 0.1) is 5.82 Å². The van der Waals surface area contributed by atoms with Crippen LogP contribution < -0.4 is 10.6 Å². The molecule has 21 heavy (non-hydrogen) atoms. The molecule has 0 radical (unpaired) electrons. The molecule has 6 heteroatoms. The Bertz CT molecular complexity index is 549. The molecule has 1 aromatic carbocycles. The lowest BCUT2D eigenvalue weighted by atomic mass is 10.1. The van der Waals surface area contributed by atoms with E-state index in [1.165, 1.54) is 15.9 Å². The second kappa shape index (κ2) is 6.22. The quantitative estimate of drug-likeness (QED) is 0.905. The highest BCUT2D eigenvalue weighted by Gasteiger charge is 2.38. The van der Waals surface area contributed by atoms with Crippen LogP contribution in [0.2, 0.25) is 0 Å². The van der Waals surface area contributed by atoms with Crippen LogP contribution in [0.4, 0.5) is 10.1 Å². The van der Waals surface area contributed by atoms with Crippen LogP contribution in [-0.4, -0.2) is 42.4 Å². The van der Waals surface area contributed by atoms with Crippen LogP contribution in [-0.2, 0) is 9.59 Å². The number of benzene rings is 1. The summed E-state index contributed by atoms with van der Waals surface area (Å²) in [5.41, 5.74) is 5.98. The Hall–Kier alpha value is -1.95. The molecule has 114 valence electrons. The minimum absolute atomic E-state index is 0.255. The van der Waals surface area contributed by atoms with Gasteiger partial charge in [-0.2, -0.15) is 0 Å². The number of para-hydroxylation sites is 1. The Labute approximate surface area is 123 Å². The van der Waals surface area contributed by atoms with E-state index < -0.39 is 17.9 Å². The van der Waals surface area contributed by atoms with E-state index in [1.807, 2.05) is 6.92 Å². The SMILES string of the molecule is CCC(N)C(=O)N(C)C1CCN(c2ccccc2F)C1=O. The standard InChI is InChI=1S/C15H20FN3O2/c1-3-11(17)14(20)18(2)13-8-9-19(15(13)21)12-7-5-4-6-10(12)16/h4-7,11,13H,3,8-9,17H2,1-2H3. The third-order valence-corrected chi connectivity index (χ3v) is 3.89. The van der Waals surface area contributed by atoms with E-state index in [9.17, 15) is 14.0 Å². The average molecular weight is 293 g/mol. The van der Waals surface area contributed by atoms with Gasteiger partial charge < -0.3 is 15.5 Å². The first-order chi connectivity index (χ1) is 9.97. The van der Waals surface area contributed by atoms with Gasteiger partial charge in [0, 0.05) is 13.6 Å². The van der Waals surface area contributed by atoms with Crippen LogP contribution in [0.15, 0.2) is 24.3 Å². The molecule has 1 heterocycles. The fourth-order valence-electron chi connectivity index (χ4n) is 2.52. The number of carbonyl (C=O) groups is 2. The Balaban J connectivity index is 2.15. The molecule has 0 aliphatic carbocycles. The Morgan fingerprint density at radius 1 is 1.52 bits per heavy atom. The fourth-order valence-corrected chi connectivity index (χ4v) is 2.52. The Morgan fingerprint density at radius 2 is 2.19 bits per heavy atom. The van der Waals surface area contributed by atoms with E-state index in [4.69, 9.17) is 5.73 Å². The minimum atomic E-state index is -0.606. The number of amides is 2. The lowest BCUT2D eigenvalue weighted by molar-refractivity contribution is -0.137. The van der Waals surface area contributed by atoms with Crippen molar-refractivity contribution in [1.29, 1.82) is 0 Å². The summed E-state index contributed by atoms with van der Waals surface area (Å²) in [5.74, 6) is -0.962. The number of nitrogens with two attached hydrogens (primary N) is 1. The first-order valence-electron chi connectivity index (χ1n) is 7.05. The maximum absolute atomic E-state index is 13.8. The molecule has 1 aliphatic rings. The van der Waals surface area contributed by atoms with Gasteiger partial charge in [-0.3, -0.25) is 9.59 Å². The van der Waals surface area contributed by atoms with E-state index in [-0.39, 0.29) is 17.5 Å². The average Bonchev–Trinajstić information content (AvgIpc) is 2.87. The lowest BCUT2D eigenvalue weighted by Gasteiger charge is -2.26. The summed E-state index contributed by atoms with van der Waals surface area (Å²) in [7, 11) is 1.57. The summed E-state index contributed by atoms with van der Waals surface area (Å²) in [6.07, 6.45) is 0.993. The molecular formula is C15H20FN3O2. The fraction of sp³-hybridized carbons (Fsp3) is 0.467. The molecule has 1 aliphatic heterocycles. The van der Waals surface area contributed by atoms with Crippen molar-refractivity contribution in [2.45, 2.75) is 31.8 Å². The molecule has 1 fully saturated rings. The zero-order chi connectivity index (χ0) is 15.6. The maximum Gasteiger partial charge on any atom is 0.249 e. The summed E-state index contributed by atoms with van der Waals surface area (Å²) in [4.78, 5) is 27.3. The molecule has 1 saturated heterocycles. The largest absolute Gasteiger partial charge is 0.332 e. The highest BCUT2D eigenvalue weighted by Crippen LogP contribution is 2.26. The summed E-state index contributed by atoms with van der Waals surface area (Å²) in [6, 6.07) is 4.96. The van der Waals surface area contributed by atoms with Crippen LogP contribution in [0.1, 0.15) is 19.8 Å². The van der Waals surface area contributed by atoms with Crippen LogP contribution >= 0.6 is 0 Å². The van der Waals surface area contributed by atoms with Crippen molar-refractivity contribution >= 4 is 17.5 Å². The first kappa shape index (κ1) is 15.4. The van der Waals surface area contributed by atoms with Gasteiger partial charge >= 0.3 is 0 Å². The van der Waals surface area contributed by atoms with Gasteiger partial charge in [0.15, 0.2) is 0 Å². The van der Waals surface area contributed by atoms with Crippen molar-refractivity contribution in [2.75, 3.05) is 18.5 Å². The highest BCUT2D eigenvalue weighted by atomic mass is 19.1. The molecule has 2 amide bonds. The summed E-state index contributed by atoms with van der Waals surface area (Å²) < 4.78 is 13.8. The van der Waals surface area contributed by atoms with Gasteiger partial charge in [0.25, 0.3) is 0 Å². The molecule has 0 aromatic heterocycles. The van der Waals surface area contributed by atoms with E-state index in [0.29, 0.717) is 19.4 Å². The molecular weight excluding hydrogens is 273 g/mol. The predicted molar refractivity (Wildman–Crippen MR) is 78.2 cm³/mol. The number of rotatable bonds is 4. The summed E-state index contributed by atoms with van der Waals surface area (Å²) in [5, 5.41) is 0. The second-order valence-electron chi connectivity index (χ2n) is 5.21. The van der Waals surface area contributed by atoms with Gasteiger partial charge in [-0.1, -0.05) is 19.1 Å². The van der Waals surface area contributed by atoms with Gasteiger partial charge in [0.2, 0.25) is 11.8 Å². The lowest BCUT2D eigenvalue weighted by Crippen LogP contribution is -2.49. The third kappa shape index (κ3) is 2.90. The van der Waals surface area contributed by atoms with Crippen LogP contribution in [0.5, 0.6) is 0 Å². The number of likely N-dealkylation sites (N-methyl/N-ethyl adjacent to an activating group) is 1. The van der Waals surface area contributed by atoms with Gasteiger partial charge in [-0.15, -0.1) is 0 Å². The van der Waals surface area contributed by atoms with Gasteiger partial charge in [0.1, 0.15) is 11.9 Å². The third-order valence-electron chi connectivity index (χ3n) is 3.89. The maximum atomic E-state index is 13.8. The molecule has 2 unspecified atom stereocenters. The van der Waals surface area contributed by atoms with Crippen molar-refractivity contribution in [3.8, 4) is 0 Å². The van der Waals surface area contributed by atoms with Crippen molar-refractivity contribution in [1.82, 2.24) is 4.90 Å². The zero-order valence-corrected chi connectivity index (χ0v) is 12.3. The van der Waals surface area contributed by atoms with Gasteiger partial charge in [-0.05, 0) is 25.0 Å². The predicted octanol–water partition coefficient (Wildman–Crippen LogP) is 1.13. The van der Waals surface area contributed by atoms with E-state index in [2.05, 4.69) is 0 Å². The summed E-state index contributed by atoms with van der Waals surface area (Å²) in [6.45, 7) is 2.21. The number of hydrogen-bond acceptors (Lipinski definition) is 3. The number of carbonyl (C=O) groups excluding carboxylic acids is 2. The molecule has 0 spiro atoms. The zero-order valence-electron chi connectivity index (χ0n) is 12.3. The molecule has 1 aromatic rings. The summed E-state index contributed by atoms with van der Waals surface area (Å²) >= 11 is 0. The van der Waals surface area contributed by atoms with E-state index >= 15 is 0 Å². The van der Waals surface area contributed by atoms with Crippen molar-refractivity contribution in [2.24, 2.45) is 5.73 Å². The van der Waals surface area contributed by atoms with Crippen molar-refractivity contribution in [3.05, 3.63) is 30.1 Å². The first-order valence-corrected chi connectivity index (χ1v) is 7.05. The molecule has 2 N–H and O–H groups in total. The monoisotopic (exact) mass is 293 g/mol. The normalized spacial score (nSPS) is 19.7. The number of hydrogen-bond donors (Lipinski definition) is 1. The molecule has 0 bridgehead atoms. The number of halogens is 1. The highest BCUT2D eigenvalue weighted by molar-refractivity contribution is 6.01. The smallest absolute Gasteiger partial charge is 0.249 e. The Kier molecular flexibility index (Phi) is 4.57. The van der Waals surface area contributed by atoms with Crippen LogP contribution in [0.3, 0.4) is 0 Å². The second-order valence-corrected chi connectivity index (χ2v) is 5.21. The van der Waals surface area contributed by atoms with Gasteiger partial charge in [0.05, 0.1) is 11.7 Å². The molecule has 5 nitrogen and oxygen atoms in total. The van der Waals surface area contributed by atoms with Crippen LogP contribution in [0.25, 0.3) is 0 Å². The molecule has 2 atom stereocenters. The van der Waals surface area contributed by atoms with E-state index in [1.54, 1.807) is 25.2 Å². The minimum Gasteiger partial charge on any atom is -0.332 e. The Morgan fingerprint density at radius 3 is 2.81 bits per heavy atom. The van der Waals surface area contributed by atoms with Crippen molar-refractivity contribution < 1.29 is 14.0 Å². The number of nitrogens with zero attached hydrogens (tertiary/aromatic N) is 2. The van der Waals surface area contributed by atoms with Crippen molar-refractivity contribution in [3.63, 3.8) is 0 Å². The number of anilines is 1. The molecule has 2 rings (SSSR count). The topological polar surface area (TPSA) is 66.6 Å².